The molecule has 0 aromatic carbocycles. The topological polar surface area (TPSA) is 45.1 Å². The molecule has 96 valence electrons. The first-order valence-electron chi connectivity index (χ1n) is 6.56. The Labute approximate surface area is 107 Å². The summed E-state index contributed by atoms with van der Waals surface area (Å²) in [5.41, 5.74) is 1.33. The van der Waals surface area contributed by atoms with Crippen molar-refractivity contribution in [3.8, 4) is 0 Å². The molecule has 0 spiro atoms. The van der Waals surface area contributed by atoms with Gasteiger partial charge in [-0.2, -0.15) is 0 Å². The molecule has 0 radical (unpaired) electrons. The van der Waals surface area contributed by atoms with Crippen molar-refractivity contribution in [3.05, 3.63) is 15.6 Å². The predicted molar refractivity (Wildman–Crippen MR) is 71.5 cm³/mol. The van der Waals surface area contributed by atoms with Gasteiger partial charge in [0, 0.05) is 4.88 Å². The Bertz CT molecular complexity index is 339. The second-order valence-electron chi connectivity index (χ2n) is 4.94. The number of nitrogens with one attached hydrogen (secondary N) is 1. The molecule has 4 heteroatoms. The summed E-state index contributed by atoms with van der Waals surface area (Å²) < 4.78 is 0. The molecule has 2 rings (SSSR count). The van der Waals surface area contributed by atoms with E-state index in [2.05, 4.69) is 12.2 Å². The van der Waals surface area contributed by atoms with Gasteiger partial charge in [-0.05, 0) is 52.5 Å². The van der Waals surface area contributed by atoms with Gasteiger partial charge < -0.3 is 10.4 Å². The van der Waals surface area contributed by atoms with Crippen molar-refractivity contribution >= 4 is 11.3 Å². The van der Waals surface area contributed by atoms with Crippen LogP contribution < -0.4 is 5.32 Å². The number of hydrogen-bond acceptors (Lipinski definition) is 4. The first-order chi connectivity index (χ1) is 8.16. The first kappa shape index (κ1) is 13.0. The Balaban J connectivity index is 1.90. The highest BCUT2D eigenvalue weighted by molar-refractivity contribution is 7.11. The third kappa shape index (κ3) is 3.50. The minimum Gasteiger partial charge on any atom is -0.393 e. The van der Waals surface area contributed by atoms with Crippen molar-refractivity contribution in [1.29, 1.82) is 0 Å². The monoisotopic (exact) mass is 254 g/mol. The van der Waals surface area contributed by atoms with Crippen LogP contribution in [-0.4, -0.2) is 22.7 Å². The van der Waals surface area contributed by atoms with Crippen LogP contribution in [0.25, 0.3) is 0 Å². The number of aromatic nitrogens is 1. The second kappa shape index (κ2) is 5.94. The van der Waals surface area contributed by atoms with E-state index in [1.807, 2.05) is 18.3 Å². The van der Waals surface area contributed by atoms with Gasteiger partial charge in [0.25, 0.3) is 0 Å². The van der Waals surface area contributed by atoms with E-state index in [-0.39, 0.29) is 6.10 Å². The van der Waals surface area contributed by atoms with E-state index in [0.717, 1.165) is 19.4 Å². The molecule has 2 N–H and O–H groups in total. The van der Waals surface area contributed by atoms with Crippen LogP contribution in [-0.2, 0) is 12.8 Å². The molecule has 1 aromatic rings. The number of fused-ring (bicyclic) bond motifs is 1. The summed E-state index contributed by atoms with van der Waals surface area (Å²) in [6.07, 6.45) is 5.56. The fourth-order valence-corrected chi connectivity index (χ4v) is 3.33. The average molecular weight is 254 g/mol. The molecule has 17 heavy (non-hydrogen) atoms. The summed E-state index contributed by atoms with van der Waals surface area (Å²) in [6.45, 7) is 4.84. The molecule has 0 fully saturated rings. The quantitative estimate of drug-likeness (QED) is 0.848. The largest absolute Gasteiger partial charge is 0.393 e. The summed E-state index contributed by atoms with van der Waals surface area (Å²) in [5.74, 6) is 0. The van der Waals surface area contributed by atoms with Crippen LogP contribution in [0.3, 0.4) is 0 Å². The molecule has 2 atom stereocenters. The molecule has 0 aliphatic heterocycles. The van der Waals surface area contributed by atoms with E-state index in [1.165, 1.54) is 34.8 Å². The predicted octanol–water partition coefficient (Wildman–Crippen LogP) is 2.44. The van der Waals surface area contributed by atoms with Crippen LogP contribution >= 0.6 is 11.3 Å². The lowest BCUT2D eigenvalue weighted by molar-refractivity contribution is 0.182. The summed E-state index contributed by atoms with van der Waals surface area (Å²) in [5, 5.41) is 13.9. The molecule has 0 saturated carbocycles. The van der Waals surface area contributed by atoms with Gasteiger partial charge >= 0.3 is 0 Å². The van der Waals surface area contributed by atoms with Crippen LogP contribution in [0, 0.1) is 0 Å². The van der Waals surface area contributed by atoms with Crippen molar-refractivity contribution in [2.75, 3.05) is 6.54 Å². The highest BCUT2D eigenvalue weighted by Gasteiger charge is 2.17. The van der Waals surface area contributed by atoms with Gasteiger partial charge in [-0.1, -0.05) is 0 Å². The van der Waals surface area contributed by atoms with Crippen molar-refractivity contribution in [1.82, 2.24) is 10.3 Å². The normalized spacial score (nSPS) is 18.8. The zero-order chi connectivity index (χ0) is 12.3. The highest BCUT2D eigenvalue weighted by atomic mass is 32.1. The summed E-state index contributed by atoms with van der Waals surface area (Å²) in [4.78, 5) is 6.24. The molecule has 3 nitrogen and oxygen atoms in total. The lowest BCUT2D eigenvalue weighted by Gasteiger charge is -2.11. The summed E-state index contributed by atoms with van der Waals surface area (Å²) in [6, 6.07) is 0.310. The average Bonchev–Trinajstić information content (AvgIpc) is 2.71. The standard InChI is InChI=1S/C13H22N2OS/c1-9(16)7-8-14-10(2)13-15-11-5-3-4-6-12(11)17-13/h9-10,14,16H,3-8H2,1-2H3. The third-order valence-corrected chi connectivity index (χ3v) is 4.59. The van der Waals surface area contributed by atoms with E-state index >= 15 is 0 Å². The first-order valence-corrected chi connectivity index (χ1v) is 7.38. The third-order valence-electron chi connectivity index (χ3n) is 3.25. The maximum Gasteiger partial charge on any atom is 0.110 e. The molecular formula is C13H22N2OS. The van der Waals surface area contributed by atoms with Crippen LogP contribution in [0.5, 0.6) is 0 Å². The minimum absolute atomic E-state index is 0.223. The van der Waals surface area contributed by atoms with Gasteiger partial charge in [0.05, 0.1) is 17.8 Å². The molecule has 2 unspecified atom stereocenters. The molecule has 1 aromatic heterocycles. The van der Waals surface area contributed by atoms with E-state index in [9.17, 15) is 5.11 Å². The Morgan fingerprint density at radius 1 is 1.35 bits per heavy atom. The van der Waals surface area contributed by atoms with Gasteiger partial charge in [-0.25, -0.2) is 4.98 Å². The Morgan fingerprint density at radius 2 is 2.12 bits per heavy atom. The van der Waals surface area contributed by atoms with Crippen molar-refractivity contribution in [2.45, 2.75) is 58.1 Å². The van der Waals surface area contributed by atoms with E-state index in [0.29, 0.717) is 6.04 Å². The van der Waals surface area contributed by atoms with Gasteiger partial charge in [0.2, 0.25) is 0 Å². The maximum absolute atomic E-state index is 9.22. The van der Waals surface area contributed by atoms with Crippen LogP contribution in [0.15, 0.2) is 0 Å². The number of aliphatic hydroxyl groups is 1. The number of rotatable bonds is 5. The zero-order valence-corrected chi connectivity index (χ0v) is 11.5. The van der Waals surface area contributed by atoms with Gasteiger partial charge in [-0.15, -0.1) is 11.3 Å². The molecule has 0 bridgehead atoms. The molecule has 1 aliphatic carbocycles. The van der Waals surface area contributed by atoms with E-state index < -0.39 is 0 Å². The lowest BCUT2D eigenvalue weighted by atomic mass is 10.0. The van der Waals surface area contributed by atoms with Gasteiger partial charge in [0.15, 0.2) is 0 Å². The van der Waals surface area contributed by atoms with Crippen LogP contribution in [0.1, 0.15) is 54.7 Å². The lowest BCUT2D eigenvalue weighted by Crippen LogP contribution is -2.22. The van der Waals surface area contributed by atoms with Crippen LogP contribution in [0.4, 0.5) is 0 Å². The maximum atomic E-state index is 9.22. The molecule has 1 heterocycles. The highest BCUT2D eigenvalue weighted by Crippen LogP contribution is 2.29. The minimum atomic E-state index is -0.223. The number of nitrogens with zero attached hydrogens (tertiary/aromatic N) is 1. The zero-order valence-electron chi connectivity index (χ0n) is 10.7. The molecule has 0 amide bonds. The SMILES string of the molecule is CC(O)CCNC(C)c1nc2c(s1)CCCC2. The Morgan fingerprint density at radius 3 is 2.82 bits per heavy atom. The van der Waals surface area contributed by atoms with E-state index in [1.54, 1.807) is 0 Å². The fourth-order valence-electron chi connectivity index (χ4n) is 2.15. The second-order valence-corrected chi connectivity index (χ2v) is 6.06. The van der Waals surface area contributed by atoms with Crippen LogP contribution in [0.2, 0.25) is 0 Å². The Kier molecular flexibility index (Phi) is 4.54. The Hall–Kier alpha value is -0.450. The fraction of sp³-hybridized carbons (Fsp3) is 0.769. The number of hydrogen-bond donors (Lipinski definition) is 2. The summed E-state index contributed by atoms with van der Waals surface area (Å²) >= 11 is 1.87. The van der Waals surface area contributed by atoms with Gasteiger partial charge in [-0.3, -0.25) is 0 Å². The molecular weight excluding hydrogens is 232 g/mol. The smallest absolute Gasteiger partial charge is 0.110 e. The summed E-state index contributed by atoms with van der Waals surface area (Å²) in [7, 11) is 0. The molecule has 1 aliphatic rings. The van der Waals surface area contributed by atoms with E-state index in [4.69, 9.17) is 4.98 Å². The van der Waals surface area contributed by atoms with Gasteiger partial charge in [0.1, 0.15) is 5.01 Å². The number of thiazole rings is 1. The van der Waals surface area contributed by atoms with Crippen molar-refractivity contribution in [3.63, 3.8) is 0 Å². The molecule has 0 saturated heterocycles. The number of aryl methyl sites for hydroxylation is 2. The number of aliphatic hydroxyl groups excluding tert-OH is 1. The van der Waals surface area contributed by atoms with Crippen molar-refractivity contribution in [2.24, 2.45) is 0 Å². The van der Waals surface area contributed by atoms with Crippen molar-refractivity contribution < 1.29 is 5.11 Å².